The Morgan fingerprint density at radius 2 is 1.75 bits per heavy atom. The van der Waals surface area contributed by atoms with Gasteiger partial charge < -0.3 is 15.4 Å². The van der Waals surface area contributed by atoms with Crippen LogP contribution in [0, 0.1) is 0 Å². The van der Waals surface area contributed by atoms with Crippen molar-refractivity contribution in [3.8, 4) is 0 Å². The molecule has 0 aliphatic heterocycles. The molecule has 142 valence electrons. The molecule has 1 aromatic heterocycles. The molecule has 0 aliphatic carbocycles. The highest BCUT2D eigenvalue weighted by molar-refractivity contribution is 6.04. The Kier molecular flexibility index (Phi) is 6.01. The van der Waals surface area contributed by atoms with E-state index in [1.165, 1.54) is 12.7 Å². The number of nitrogens with zero attached hydrogens (tertiary/aromatic N) is 1. The molecule has 6 heteroatoms. The predicted molar refractivity (Wildman–Crippen MR) is 109 cm³/mol. The second kappa shape index (κ2) is 8.81. The monoisotopic (exact) mass is 375 g/mol. The van der Waals surface area contributed by atoms with Crippen molar-refractivity contribution in [2.45, 2.75) is 13.3 Å². The number of esters is 1. The van der Waals surface area contributed by atoms with Gasteiger partial charge in [-0.2, -0.15) is 0 Å². The van der Waals surface area contributed by atoms with Crippen molar-refractivity contribution in [1.29, 1.82) is 0 Å². The third-order valence-corrected chi connectivity index (χ3v) is 4.20. The number of aromatic nitrogens is 1. The van der Waals surface area contributed by atoms with Crippen LogP contribution >= 0.6 is 0 Å². The van der Waals surface area contributed by atoms with Crippen LogP contribution in [-0.4, -0.2) is 24.0 Å². The number of carbonyl (C=O) groups excluding carboxylic acids is 2. The van der Waals surface area contributed by atoms with Crippen molar-refractivity contribution >= 4 is 29.1 Å². The first-order chi connectivity index (χ1) is 13.6. The Labute approximate surface area is 163 Å². The normalized spacial score (nSPS) is 10.2. The van der Waals surface area contributed by atoms with E-state index in [1.54, 1.807) is 42.6 Å². The zero-order chi connectivity index (χ0) is 19.9. The molecule has 28 heavy (non-hydrogen) atoms. The fourth-order valence-electron chi connectivity index (χ4n) is 2.66. The molecule has 3 rings (SSSR count). The number of methoxy groups -OCH3 is 1. The van der Waals surface area contributed by atoms with Crippen LogP contribution in [0.1, 0.15) is 33.2 Å². The topological polar surface area (TPSA) is 80.3 Å². The average molecular weight is 375 g/mol. The molecule has 0 radical (unpaired) electrons. The van der Waals surface area contributed by atoms with Gasteiger partial charge in [-0.15, -0.1) is 0 Å². The van der Waals surface area contributed by atoms with E-state index in [9.17, 15) is 9.59 Å². The van der Waals surface area contributed by atoms with Gasteiger partial charge in [-0.1, -0.05) is 25.1 Å². The molecule has 3 aromatic rings. The lowest BCUT2D eigenvalue weighted by Crippen LogP contribution is -2.12. The molecule has 0 saturated heterocycles. The standard InChI is InChI=1S/C22H21N3O3/c1-3-15-7-9-18(10-8-15)25-21(26)16-11-12-23-20(14-16)24-19-6-4-5-17(13-19)22(27)28-2/h4-14H,3H2,1-2H3,(H,23,24)(H,25,26). The number of amides is 1. The number of nitrogens with one attached hydrogen (secondary N) is 2. The number of carbonyl (C=O) groups is 2. The summed E-state index contributed by atoms with van der Waals surface area (Å²) in [5.41, 5.74) is 3.52. The number of ether oxygens (including phenoxy) is 1. The van der Waals surface area contributed by atoms with Crippen LogP contribution in [-0.2, 0) is 11.2 Å². The molecule has 0 atom stereocenters. The van der Waals surface area contributed by atoms with E-state index in [1.807, 2.05) is 24.3 Å². The number of hydrogen-bond donors (Lipinski definition) is 2. The molecule has 1 heterocycles. The average Bonchev–Trinajstić information content (AvgIpc) is 2.74. The molecule has 2 aromatic carbocycles. The van der Waals surface area contributed by atoms with Crippen molar-refractivity contribution in [3.05, 3.63) is 83.6 Å². The van der Waals surface area contributed by atoms with E-state index in [2.05, 4.69) is 22.5 Å². The maximum atomic E-state index is 12.5. The quantitative estimate of drug-likeness (QED) is 0.623. The zero-order valence-corrected chi connectivity index (χ0v) is 15.7. The van der Waals surface area contributed by atoms with Crippen molar-refractivity contribution in [2.24, 2.45) is 0 Å². The predicted octanol–water partition coefficient (Wildman–Crippen LogP) is 4.43. The number of hydrogen-bond acceptors (Lipinski definition) is 5. The van der Waals surface area contributed by atoms with Gasteiger partial charge in [-0.3, -0.25) is 4.79 Å². The molecule has 0 unspecified atom stereocenters. The van der Waals surface area contributed by atoms with Crippen LogP contribution in [0.15, 0.2) is 66.9 Å². The summed E-state index contributed by atoms with van der Waals surface area (Å²) in [6, 6.07) is 17.9. The molecule has 0 fully saturated rings. The summed E-state index contributed by atoms with van der Waals surface area (Å²) in [6.07, 6.45) is 2.51. The van der Waals surface area contributed by atoms with Gasteiger partial charge >= 0.3 is 5.97 Å². The maximum Gasteiger partial charge on any atom is 0.337 e. The molecule has 6 nitrogen and oxygen atoms in total. The van der Waals surface area contributed by atoms with E-state index in [0.29, 0.717) is 22.6 Å². The van der Waals surface area contributed by atoms with Crippen LogP contribution in [0.25, 0.3) is 0 Å². The fraction of sp³-hybridized carbons (Fsp3) is 0.136. The Bertz CT molecular complexity index is 984. The molecular formula is C22H21N3O3. The van der Waals surface area contributed by atoms with Crippen molar-refractivity contribution in [3.63, 3.8) is 0 Å². The van der Waals surface area contributed by atoms with Gasteiger partial charge in [-0.25, -0.2) is 9.78 Å². The molecule has 0 spiro atoms. The number of anilines is 3. The summed E-state index contributed by atoms with van der Waals surface area (Å²) < 4.78 is 4.73. The first kappa shape index (κ1) is 19.1. The molecule has 0 bridgehead atoms. The van der Waals surface area contributed by atoms with Gasteiger partial charge in [0.15, 0.2) is 0 Å². The van der Waals surface area contributed by atoms with Crippen molar-refractivity contribution in [2.75, 3.05) is 17.7 Å². The Morgan fingerprint density at radius 1 is 0.964 bits per heavy atom. The zero-order valence-electron chi connectivity index (χ0n) is 15.7. The summed E-state index contributed by atoms with van der Waals surface area (Å²) in [4.78, 5) is 28.4. The van der Waals surface area contributed by atoms with Crippen LogP contribution in [0.3, 0.4) is 0 Å². The fourth-order valence-corrected chi connectivity index (χ4v) is 2.66. The van der Waals surface area contributed by atoms with E-state index < -0.39 is 5.97 Å². The van der Waals surface area contributed by atoms with E-state index >= 15 is 0 Å². The molecule has 0 aliphatic rings. The van der Waals surface area contributed by atoms with Crippen molar-refractivity contribution in [1.82, 2.24) is 4.98 Å². The number of pyridine rings is 1. The van der Waals surface area contributed by atoms with Gasteiger partial charge in [0.25, 0.3) is 5.91 Å². The first-order valence-corrected chi connectivity index (χ1v) is 8.91. The van der Waals surface area contributed by atoms with E-state index in [0.717, 1.165) is 12.1 Å². The largest absolute Gasteiger partial charge is 0.465 e. The minimum absolute atomic E-state index is 0.224. The van der Waals surface area contributed by atoms with Gasteiger partial charge in [0.1, 0.15) is 5.82 Å². The lowest BCUT2D eigenvalue weighted by molar-refractivity contribution is 0.0600. The summed E-state index contributed by atoms with van der Waals surface area (Å²) in [6.45, 7) is 2.08. The summed E-state index contributed by atoms with van der Waals surface area (Å²) >= 11 is 0. The van der Waals surface area contributed by atoms with Gasteiger partial charge in [-0.05, 0) is 54.4 Å². The molecule has 2 N–H and O–H groups in total. The second-order valence-electron chi connectivity index (χ2n) is 6.13. The third-order valence-electron chi connectivity index (χ3n) is 4.20. The lowest BCUT2D eigenvalue weighted by atomic mass is 10.1. The summed E-state index contributed by atoms with van der Waals surface area (Å²) in [5.74, 6) is -0.146. The number of rotatable bonds is 6. The molecule has 1 amide bonds. The third kappa shape index (κ3) is 4.73. The Balaban J connectivity index is 1.72. The first-order valence-electron chi connectivity index (χ1n) is 8.91. The van der Waals surface area contributed by atoms with Gasteiger partial charge in [0, 0.05) is 23.1 Å². The lowest BCUT2D eigenvalue weighted by Gasteiger charge is -2.09. The maximum absolute atomic E-state index is 12.5. The minimum Gasteiger partial charge on any atom is -0.465 e. The molecule has 0 saturated carbocycles. The van der Waals surface area contributed by atoms with Crippen LogP contribution in [0.5, 0.6) is 0 Å². The van der Waals surface area contributed by atoms with Gasteiger partial charge in [0.2, 0.25) is 0 Å². The highest BCUT2D eigenvalue weighted by Crippen LogP contribution is 2.18. The highest BCUT2D eigenvalue weighted by atomic mass is 16.5. The van der Waals surface area contributed by atoms with E-state index in [4.69, 9.17) is 4.74 Å². The number of aryl methyl sites for hydroxylation is 1. The summed E-state index contributed by atoms with van der Waals surface area (Å²) in [5, 5.41) is 5.98. The highest BCUT2D eigenvalue weighted by Gasteiger charge is 2.09. The number of benzene rings is 2. The van der Waals surface area contributed by atoms with Crippen LogP contribution < -0.4 is 10.6 Å². The van der Waals surface area contributed by atoms with E-state index in [-0.39, 0.29) is 5.91 Å². The Morgan fingerprint density at radius 3 is 2.46 bits per heavy atom. The summed E-state index contributed by atoms with van der Waals surface area (Å²) in [7, 11) is 1.34. The second-order valence-corrected chi connectivity index (χ2v) is 6.13. The SMILES string of the molecule is CCc1ccc(NC(=O)c2ccnc(Nc3cccc(C(=O)OC)c3)c2)cc1. The smallest absolute Gasteiger partial charge is 0.337 e. The van der Waals surface area contributed by atoms with Crippen LogP contribution in [0.2, 0.25) is 0 Å². The molecular weight excluding hydrogens is 354 g/mol. The Hall–Kier alpha value is -3.67. The van der Waals surface area contributed by atoms with Crippen LogP contribution in [0.4, 0.5) is 17.2 Å². The van der Waals surface area contributed by atoms with Gasteiger partial charge in [0.05, 0.1) is 12.7 Å². The minimum atomic E-state index is -0.418. The van der Waals surface area contributed by atoms with Crippen molar-refractivity contribution < 1.29 is 14.3 Å².